The molecule has 3 aliphatic rings. The molecule has 0 aliphatic carbocycles. The van der Waals surface area contributed by atoms with E-state index in [0.29, 0.717) is 11.5 Å². The topological polar surface area (TPSA) is 59.1 Å². The Kier molecular flexibility index (Phi) is 9.15. The summed E-state index contributed by atoms with van der Waals surface area (Å²) in [6.45, 7) is 4.75. The molecule has 4 unspecified atom stereocenters. The van der Waals surface area contributed by atoms with E-state index in [1.165, 1.54) is 31.9 Å². The lowest BCUT2D eigenvalue weighted by atomic mass is 9.67. The molecule has 36 heavy (non-hydrogen) atoms. The summed E-state index contributed by atoms with van der Waals surface area (Å²) in [5.41, 5.74) is 2.30. The number of unbranched alkanes of at least 4 members (excludes halogenated alkanes) is 4. The van der Waals surface area contributed by atoms with Crippen LogP contribution in [0.5, 0.6) is 0 Å². The summed E-state index contributed by atoms with van der Waals surface area (Å²) in [4.78, 5) is 31.6. The highest BCUT2D eigenvalue weighted by Gasteiger charge is 2.62. The van der Waals surface area contributed by atoms with Gasteiger partial charge in [-0.15, -0.1) is 0 Å². The summed E-state index contributed by atoms with van der Waals surface area (Å²) < 4.78 is 10.5. The Hall–Kier alpha value is -1.86. The molecule has 0 N–H and O–H groups in total. The monoisotopic (exact) mass is 560 g/mol. The smallest absolute Gasteiger partial charge is 0.337 e. The van der Waals surface area contributed by atoms with Crippen molar-refractivity contribution in [1.29, 1.82) is 0 Å². The summed E-state index contributed by atoms with van der Waals surface area (Å²) in [6.07, 6.45) is 9.92. The van der Waals surface area contributed by atoms with Gasteiger partial charge in [0.05, 0.1) is 31.5 Å². The number of carbonyl (C=O) groups excluding carboxylic acids is 2. The Labute approximate surface area is 224 Å². The van der Waals surface area contributed by atoms with Crippen LogP contribution in [0.3, 0.4) is 0 Å². The summed E-state index contributed by atoms with van der Waals surface area (Å²) in [6, 6.07) is 8.47. The fraction of sp³-hybridized carbons (Fsp3) is 0.655. The lowest BCUT2D eigenvalue weighted by molar-refractivity contribution is -0.137. The maximum absolute atomic E-state index is 14.3. The molecule has 1 aromatic rings. The molecule has 1 amide bonds. The van der Waals surface area contributed by atoms with Crippen molar-refractivity contribution >= 4 is 33.5 Å². The van der Waals surface area contributed by atoms with Gasteiger partial charge in [-0.25, -0.2) is 4.79 Å². The molecular weight excluding hydrogens is 520 g/mol. The van der Waals surface area contributed by atoms with E-state index < -0.39 is 5.41 Å². The van der Waals surface area contributed by atoms with Crippen molar-refractivity contribution in [3.8, 4) is 0 Å². The van der Waals surface area contributed by atoms with Crippen LogP contribution >= 0.6 is 15.9 Å². The molecule has 0 radical (unpaired) electrons. The standard InChI is InChI=1S/C29H41BrN2O4/c1-4-21-19-31-17-14-29(26(31)18-22(21)23(20-35-2)27(33)36-3)24-12-8-9-13-25(24)32(28(29)34)16-11-7-5-6-10-15-30/h8-9,12-13,20-22,26H,4-7,10-11,14-19H2,1-3H3. The first kappa shape index (κ1) is 27.2. The third kappa shape index (κ3) is 4.85. The molecule has 4 rings (SSSR count). The summed E-state index contributed by atoms with van der Waals surface area (Å²) in [7, 11) is 3.00. The molecule has 3 heterocycles. The van der Waals surface area contributed by atoms with Gasteiger partial charge in [0.15, 0.2) is 0 Å². The normalized spacial score (nSPS) is 27.9. The maximum atomic E-state index is 14.3. The van der Waals surface area contributed by atoms with Gasteiger partial charge in [-0.1, -0.05) is 66.7 Å². The molecule has 6 nitrogen and oxygen atoms in total. The average molecular weight is 562 g/mol. The lowest BCUT2D eigenvalue weighted by Crippen LogP contribution is -2.55. The number of benzene rings is 1. The van der Waals surface area contributed by atoms with Crippen LogP contribution in [-0.4, -0.2) is 62.0 Å². The lowest BCUT2D eigenvalue weighted by Gasteiger charge is -2.45. The van der Waals surface area contributed by atoms with Gasteiger partial charge in [0.25, 0.3) is 0 Å². The van der Waals surface area contributed by atoms with Crippen molar-refractivity contribution in [3.05, 3.63) is 41.7 Å². The molecule has 7 heteroatoms. The number of rotatable bonds is 11. The second-order valence-electron chi connectivity index (χ2n) is 10.5. The van der Waals surface area contributed by atoms with E-state index in [2.05, 4.69) is 50.9 Å². The first-order valence-corrected chi connectivity index (χ1v) is 14.7. The van der Waals surface area contributed by atoms with E-state index in [1.807, 2.05) is 6.07 Å². The van der Waals surface area contributed by atoms with Crippen LogP contribution in [0.25, 0.3) is 0 Å². The number of fused-ring (bicyclic) bond motifs is 4. The number of nitrogens with zero attached hydrogens (tertiary/aromatic N) is 2. The van der Waals surface area contributed by atoms with Gasteiger partial charge in [0.2, 0.25) is 5.91 Å². The van der Waals surface area contributed by atoms with Crippen molar-refractivity contribution in [2.24, 2.45) is 11.8 Å². The minimum absolute atomic E-state index is 0.00192. The van der Waals surface area contributed by atoms with Crippen LogP contribution in [0.15, 0.2) is 36.1 Å². The number of para-hydroxylation sites is 1. The van der Waals surface area contributed by atoms with E-state index in [1.54, 1.807) is 13.4 Å². The number of alkyl halides is 1. The Morgan fingerprint density at radius 3 is 2.64 bits per heavy atom. The molecule has 4 atom stereocenters. The number of hydrogen-bond donors (Lipinski definition) is 0. The summed E-state index contributed by atoms with van der Waals surface area (Å²) in [5, 5.41) is 1.06. The van der Waals surface area contributed by atoms with Gasteiger partial charge < -0.3 is 14.4 Å². The highest BCUT2D eigenvalue weighted by atomic mass is 79.9. The number of piperidine rings is 1. The fourth-order valence-corrected chi connectivity index (χ4v) is 7.34. The van der Waals surface area contributed by atoms with Gasteiger partial charge in [-0.2, -0.15) is 0 Å². The van der Waals surface area contributed by atoms with Crippen LogP contribution < -0.4 is 4.90 Å². The molecular formula is C29H41BrN2O4. The Morgan fingerprint density at radius 2 is 1.92 bits per heavy atom. The molecule has 198 valence electrons. The molecule has 2 saturated heterocycles. The van der Waals surface area contributed by atoms with E-state index in [4.69, 9.17) is 9.47 Å². The van der Waals surface area contributed by atoms with Crippen LogP contribution in [0.4, 0.5) is 5.69 Å². The molecule has 0 aromatic heterocycles. The van der Waals surface area contributed by atoms with Gasteiger partial charge in [-0.3, -0.25) is 9.69 Å². The predicted molar refractivity (Wildman–Crippen MR) is 146 cm³/mol. The van der Waals surface area contributed by atoms with Crippen LogP contribution in [0.2, 0.25) is 0 Å². The quantitative estimate of drug-likeness (QED) is 0.118. The number of halogens is 1. The highest BCUT2D eigenvalue weighted by Crippen LogP contribution is 2.55. The van der Waals surface area contributed by atoms with Crippen molar-refractivity contribution in [2.75, 3.05) is 44.1 Å². The van der Waals surface area contributed by atoms with Crippen molar-refractivity contribution < 1.29 is 19.1 Å². The second kappa shape index (κ2) is 12.1. The van der Waals surface area contributed by atoms with Crippen LogP contribution in [0, 0.1) is 11.8 Å². The van der Waals surface area contributed by atoms with Gasteiger partial charge in [-0.05, 0) is 55.7 Å². The zero-order chi connectivity index (χ0) is 25.7. The van der Waals surface area contributed by atoms with Crippen LogP contribution in [0.1, 0.15) is 63.9 Å². The third-order valence-corrected chi connectivity index (χ3v) is 9.29. The van der Waals surface area contributed by atoms with E-state index in [0.717, 1.165) is 62.8 Å². The average Bonchev–Trinajstić information content (AvgIpc) is 3.39. The van der Waals surface area contributed by atoms with Gasteiger partial charge >= 0.3 is 5.97 Å². The number of esters is 1. The first-order chi connectivity index (χ1) is 17.5. The SMILES string of the molecule is CCC1CN2CCC3(C(=O)N(CCCCCCCBr)c4ccccc43)C2CC1C(=COC)C(=O)OC. The molecule has 1 spiro atoms. The molecule has 0 bridgehead atoms. The molecule has 3 aliphatic heterocycles. The van der Waals surface area contributed by atoms with Crippen molar-refractivity contribution in [2.45, 2.75) is 69.7 Å². The van der Waals surface area contributed by atoms with Crippen LogP contribution in [-0.2, 0) is 24.5 Å². The minimum atomic E-state index is -0.544. The summed E-state index contributed by atoms with van der Waals surface area (Å²) in [5.74, 6) is 0.238. The highest BCUT2D eigenvalue weighted by molar-refractivity contribution is 9.09. The maximum Gasteiger partial charge on any atom is 0.337 e. The van der Waals surface area contributed by atoms with Crippen molar-refractivity contribution in [1.82, 2.24) is 4.90 Å². The van der Waals surface area contributed by atoms with Gasteiger partial charge in [0.1, 0.15) is 0 Å². The number of ether oxygens (including phenoxy) is 2. The Balaban J connectivity index is 1.62. The van der Waals surface area contributed by atoms with E-state index >= 15 is 0 Å². The molecule has 0 saturated carbocycles. The number of carbonyl (C=O) groups is 2. The first-order valence-electron chi connectivity index (χ1n) is 13.6. The molecule has 1 aromatic carbocycles. The van der Waals surface area contributed by atoms with E-state index in [-0.39, 0.29) is 23.8 Å². The number of amides is 1. The van der Waals surface area contributed by atoms with E-state index in [9.17, 15) is 9.59 Å². The fourth-order valence-electron chi connectivity index (χ4n) is 6.94. The number of hydrogen-bond acceptors (Lipinski definition) is 5. The van der Waals surface area contributed by atoms with Crippen molar-refractivity contribution in [3.63, 3.8) is 0 Å². The summed E-state index contributed by atoms with van der Waals surface area (Å²) >= 11 is 3.51. The Morgan fingerprint density at radius 1 is 1.17 bits per heavy atom. The zero-order valence-electron chi connectivity index (χ0n) is 22.0. The zero-order valence-corrected chi connectivity index (χ0v) is 23.6. The number of methoxy groups -OCH3 is 2. The Bertz CT molecular complexity index is 966. The number of anilines is 1. The second-order valence-corrected chi connectivity index (χ2v) is 11.3. The largest absolute Gasteiger partial charge is 0.504 e. The minimum Gasteiger partial charge on any atom is -0.504 e. The third-order valence-electron chi connectivity index (χ3n) is 8.73. The predicted octanol–water partition coefficient (Wildman–Crippen LogP) is 5.44. The van der Waals surface area contributed by atoms with Gasteiger partial charge in [0, 0.05) is 30.1 Å². The molecule has 2 fully saturated rings.